The van der Waals surface area contributed by atoms with Crippen molar-refractivity contribution in [3.8, 4) is 0 Å². The van der Waals surface area contributed by atoms with E-state index in [1.54, 1.807) is 30.3 Å². The van der Waals surface area contributed by atoms with E-state index >= 15 is 0 Å². The lowest BCUT2D eigenvalue weighted by atomic mass is 10.2. The Morgan fingerprint density at radius 2 is 1.95 bits per heavy atom. The maximum absolute atomic E-state index is 12.2. The van der Waals surface area contributed by atoms with Gasteiger partial charge in [-0.25, -0.2) is 8.42 Å². The van der Waals surface area contributed by atoms with Crippen LogP contribution in [-0.2, 0) is 15.8 Å². The molecule has 20 heavy (non-hydrogen) atoms. The van der Waals surface area contributed by atoms with Crippen molar-refractivity contribution in [2.45, 2.75) is 12.7 Å². The Kier molecular flexibility index (Phi) is 4.35. The number of anilines is 2. The lowest BCUT2D eigenvalue weighted by molar-refractivity contribution is 0.600. The molecule has 4 nitrogen and oxygen atoms in total. The average Bonchev–Trinajstić information content (AvgIpc) is 2.33. The molecule has 0 aliphatic rings. The van der Waals surface area contributed by atoms with Crippen LogP contribution in [-0.4, -0.2) is 8.42 Å². The zero-order chi connectivity index (χ0) is 14.8. The Morgan fingerprint density at radius 3 is 2.65 bits per heavy atom. The monoisotopic (exact) mass is 354 g/mol. The van der Waals surface area contributed by atoms with Crippen LogP contribution in [0.4, 0.5) is 11.4 Å². The number of halogens is 1. The Labute approximate surface area is 127 Å². The van der Waals surface area contributed by atoms with Crippen LogP contribution < -0.4 is 10.5 Å². The highest BCUT2D eigenvalue weighted by Gasteiger charge is 2.13. The molecule has 6 heteroatoms. The van der Waals surface area contributed by atoms with Gasteiger partial charge < -0.3 is 5.73 Å². The Morgan fingerprint density at radius 1 is 1.20 bits per heavy atom. The molecule has 3 N–H and O–H groups in total. The second kappa shape index (κ2) is 5.85. The normalized spacial score (nSPS) is 11.3. The molecule has 0 saturated heterocycles. The van der Waals surface area contributed by atoms with E-state index in [0.29, 0.717) is 16.9 Å². The number of benzene rings is 2. The SMILES string of the molecule is Cc1ccc(Br)cc1NS(=O)(=O)Cc1cccc(N)c1. The topological polar surface area (TPSA) is 72.2 Å². The fourth-order valence-electron chi connectivity index (χ4n) is 1.81. The summed E-state index contributed by atoms with van der Waals surface area (Å²) < 4.78 is 27.8. The van der Waals surface area contributed by atoms with E-state index in [-0.39, 0.29) is 5.75 Å². The standard InChI is InChI=1S/C14H15BrN2O2S/c1-10-5-6-12(15)8-14(10)17-20(18,19)9-11-3-2-4-13(16)7-11/h2-8,17H,9,16H2,1H3. The molecule has 0 bridgehead atoms. The molecule has 2 aromatic carbocycles. The summed E-state index contributed by atoms with van der Waals surface area (Å²) in [6.07, 6.45) is 0. The maximum Gasteiger partial charge on any atom is 0.236 e. The summed E-state index contributed by atoms with van der Waals surface area (Å²) in [6.45, 7) is 1.85. The van der Waals surface area contributed by atoms with Crippen LogP contribution in [0, 0.1) is 6.92 Å². The number of hydrogen-bond acceptors (Lipinski definition) is 3. The summed E-state index contributed by atoms with van der Waals surface area (Å²) in [7, 11) is -3.47. The third kappa shape index (κ3) is 3.98. The van der Waals surface area contributed by atoms with Crippen molar-refractivity contribution in [1.82, 2.24) is 0 Å². The van der Waals surface area contributed by atoms with Crippen molar-refractivity contribution < 1.29 is 8.42 Å². The van der Waals surface area contributed by atoms with E-state index in [0.717, 1.165) is 10.0 Å². The number of sulfonamides is 1. The number of hydrogen-bond donors (Lipinski definition) is 2. The first-order valence-corrected chi connectivity index (χ1v) is 8.41. The Hall–Kier alpha value is -1.53. The minimum absolute atomic E-state index is 0.107. The zero-order valence-corrected chi connectivity index (χ0v) is 13.3. The first-order valence-electron chi connectivity index (χ1n) is 5.97. The molecule has 0 heterocycles. The quantitative estimate of drug-likeness (QED) is 0.827. The van der Waals surface area contributed by atoms with Gasteiger partial charge in [-0.1, -0.05) is 34.1 Å². The van der Waals surface area contributed by atoms with Gasteiger partial charge in [0.1, 0.15) is 0 Å². The van der Waals surface area contributed by atoms with Crippen molar-refractivity contribution in [3.05, 3.63) is 58.1 Å². The number of nitrogens with two attached hydrogens (primary N) is 1. The molecule has 0 aliphatic carbocycles. The molecule has 0 radical (unpaired) electrons. The summed E-state index contributed by atoms with van der Waals surface area (Å²) in [5.41, 5.74) is 8.30. The van der Waals surface area contributed by atoms with Crippen molar-refractivity contribution >= 4 is 37.3 Å². The van der Waals surface area contributed by atoms with Crippen molar-refractivity contribution in [3.63, 3.8) is 0 Å². The zero-order valence-electron chi connectivity index (χ0n) is 10.9. The number of nitrogen functional groups attached to an aromatic ring is 1. The van der Waals surface area contributed by atoms with Gasteiger partial charge in [-0.3, -0.25) is 4.72 Å². The van der Waals surface area contributed by atoms with E-state index < -0.39 is 10.0 Å². The first kappa shape index (κ1) is 14.9. The van der Waals surface area contributed by atoms with Crippen LogP contribution in [0.3, 0.4) is 0 Å². The van der Waals surface area contributed by atoms with Crippen molar-refractivity contribution in [2.24, 2.45) is 0 Å². The number of nitrogens with one attached hydrogen (secondary N) is 1. The summed E-state index contributed by atoms with van der Waals surface area (Å²) >= 11 is 3.33. The molecular weight excluding hydrogens is 340 g/mol. The highest BCUT2D eigenvalue weighted by Crippen LogP contribution is 2.22. The highest BCUT2D eigenvalue weighted by atomic mass is 79.9. The highest BCUT2D eigenvalue weighted by molar-refractivity contribution is 9.10. The van der Waals surface area contributed by atoms with Crippen LogP contribution in [0.15, 0.2) is 46.9 Å². The number of rotatable bonds is 4. The molecule has 0 amide bonds. The maximum atomic E-state index is 12.2. The second-order valence-corrected chi connectivity index (χ2v) is 7.20. The van der Waals surface area contributed by atoms with Gasteiger partial charge in [0.05, 0.1) is 11.4 Å². The predicted molar refractivity (Wildman–Crippen MR) is 86.0 cm³/mol. The summed E-state index contributed by atoms with van der Waals surface area (Å²) in [5.74, 6) is -0.107. The van der Waals surface area contributed by atoms with Crippen LogP contribution >= 0.6 is 15.9 Å². The fraction of sp³-hybridized carbons (Fsp3) is 0.143. The van der Waals surface area contributed by atoms with Gasteiger partial charge in [0.15, 0.2) is 0 Å². The van der Waals surface area contributed by atoms with E-state index in [1.807, 2.05) is 19.1 Å². The van der Waals surface area contributed by atoms with Crippen LogP contribution in [0.25, 0.3) is 0 Å². The van der Waals surface area contributed by atoms with E-state index in [9.17, 15) is 8.42 Å². The van der Waals surface area contributed by atoms with E-state index in [4.69, 9.17) is 5.73 Å². The summed E-state index contributed by atoms with van der Waals surface area (Å²) in [5, 5.41) is 0. The molecule has 0 aromatic heterocycles. The first-order chi connectivity index (χ1) is 9.35. The van der Waals surface area contributed by atoms with Gasteiger partial charge in [-0.15, -0.1) is 0 Å². The molecule has 0 spiro atoms. The van der Waals surface area contributed by atoms with Gasteiger partial charge in [-0.2, -0.15) is 0 Å². The van der Waals surface area contributed by atoms with Gasteiger partial charge in [0.25, 0.3) is 0 Å². The second-order valence-electron chi connectivity index (χ2n) is 4.57. The molecule has 0 aliphatic heterocycles. The lowest BCUT2D eigenvalue weighted by Gasteiger charge is -2.11. The Bertz CT molecular complexity index is 730. The molecule has 2 aromatic rings. The van der Waals surface area contributed by atoms with Gasteiger partial charge in [0.2, 0.25) is 10.0 Å². The lowest BCUT2D eigenvalue weighted by Crippen LogP contribution is -2.15. The average molecular weight is 355 g/mol. The van der Waals surface area contributed by atoms with E-state index in [1.165, 1.54) is 0 Å². The minimum atomic E-state index is -3.47. The largest absolute Gasteiger partial charge is 0.399 e. The molecular formula is C14H15BrN2O2S. The molecule has 0 unspecified atom stereocenters. The molecule has 2 rings (SSSR count). The Balaban J connectivity index is 2.21. The molecule has 0 atom stereocenters. The van der Waals surface area contributed by atoms with Gasteiger partial charge in [-0.05, 0) is 42.3 Å². The number of aryl methyl sites for hydroxylation is 1. The van der Waals surface area contributed by atoms with Crippen molar-refractivity contribution in [1.29, 1.82) is 0 Å². The molecule has 0 fully saturated rings. The fourth-order valence-corrected chi connectivity index (χ4v) is 3.42. The summed E-state index contributed by atoms with van der Waals surface area (Å²) in [6, 6.07) is 12.3. The van der Waals surface area contributed by atoms with Crippen molar-refractivity contribution in [2.75, 3.05) is 10.5 Å². The smallest absolute Gasteiger partial charge is 0.236 e. The predicted octanol–water partition coefficient (Wildman–Crippen LogP) is 3.28. The minimum Gasteiger partial charge on any atom is -0.399 e. The van der Waals surface area contributed by atoms with Gasteiger partial charge >= 0.3 is 0 Å². The summed E-state index contributed by atoms with van der Waals surface area (Å²) in [4.78, 5) is 0. The van der Waals surface area contributed by atoms with E-state index in [2.05, 4.69) is 20.7 Å². The molecule has 106 valence electrons. The van der Waals surface area contributed by atoms with Gasteiger partial charge in [0, 0.05) is 10.2 Å². The van der Waals surface area contributed by atoms with Crippen LogP contribution in [0.1, 0.15) is 11.1 Å². The van der Waals surface area contributed by atoms with Crippen LogP contribution in [0.2, 0.25) is 0 Å². The van der Waals surface area contributed by atoms with Crippen LogP contribution in [0.5, 0.6) is 0 Å². The molecule has 0 saturated carbocycles. The third-order valence-electron chi connectivity index (χ3n) is 2.77. The third-order valence-corrected chi connectivity index (χ3v) is 4.51.